The number of rotatable bonds is 2. The molecule has 12 aromatic rings. The molecule has 4 heterocycles. The van der Waals surface area contributed by atoms with Crippen LogP contribution in [-0.4, -0.2) is 14.5 Å². The van der Waals surface area contributed by atoms with E-state index in [1.807, 2.05) is 0 Å². The van der Waals surface area contributed by atoms with Crippen molar-refractivity contribution in [1.29, 1.82) is 0 Å². The minimum absolute atomic E-state index is 0.523. The SMILES string of the molecule is c1ccc2cc(-c3nc4oc5cc6ccccc6cc5c4nc3-n3c4ccc5cccc6c5c4c4c5c(ccc43)oc3cccc-6c35)ccc2c1. The van der Waals surface area contributed by atoms with Gasteiger partial charge in [-0.15, -0.1) is 0 Å². The highest BCUT2D eigenvalue weighted by atomic mass is 16.3. The first-order valence-electron chi connectivity index (χ1n) is 17.2. The highest BCUT2D eigenvalue weighted by molar-refractivity contribution is 6.38. The van der Waals surface area contributed by atoms with Crippen molar-refractivity contribution in [2.45, 2.75) is 0 Å². The van der Waals surface area contributed by atoms with E-state index in [4.69, 9.17) is 18.8 Å². The van der Waals surface area contributed by atoms with Crippen molar-refractivity contribution < 1.29 is 8.83 Å². The van der Waals surface area contributed by atoms with Crippen LogP contribution in [0.15, 0.2) is 148 Å². The summed E-state index contributed by atoms with van der Waals surface area (Å²) in [4.78, 5) is 10.9. The number of furan rings is 2. The maximum Gasteiger partial charge on any atom is 0.247 e. The second kappa shape index (κ2) is 8.97. The molecule has 0 radical (unpaired) electrons. The lowest BCUT2D eigenvalue weighted by atomic mass is 9.95. The van der Waals surface area contributed by atoms with Crippen LogP contribution < -0.4 is 0 Å². The van der Waals surface area contributed by atoms with E-state index >= 15 is 0 Å². The van der Waals surface area contributed by atoms with Crippen molar-refractivity contribution in [1.82, 2.24) is 14.5 Å². The summed E-state index contributed by atoms with van der Waals surface area (Å²) in [5.41, 5.74) is 10.1. The third kappa shape index (κ3) is 3.22. The van der Waals surface area contributed by atoms with Crippen molar-refractivity contribution >= 4 is 98.3 Å². The topological polar surface area (TPSA) is 57.0 Å². The fraction of sp³-hybridized carbons (Fsp3) is 0. The third-order valence-corrected chi connectivity index (χ3v) is 11.1. The first kappa shape index (κ1) is 26.0. The first-order valence-corrected chi connectivity index (χ1v) is 17.2. The van der Waals surface area contributed by atoms with E-state index in [-0.39, 0.29) is 0 Å². The summed E-state index contributed by atoms with van der Waals surface area (Å²) < 4.78 is 15.4. The fourth-order valence-electron chi connectivity index (χ4n) is 8.89. The van der Waals surface area contributed by atoms with Crippen LogP contribution in [0, 0.1) is 0 Å². The summed E-state index contributed by atoms with van der Waals surface area (Å²) in [7, 11) is 0. The molecule has 5 heteroatoms. The molecule has 0 saturated heterocycles. The lowest BCUT2D eigenvalue weighted by molar-refractivity contribution is 0.653. The van der Waals surface area contributed by atoms with Gasteiger partial charge >= 0.3 is 0 Å². The Kier molecular flexibility index (Phi) is 4.57. The Morgan fingerprint density at radius 3 is 1.96 bits per heavy atom. The summed E-state index contributed by atoms with van der Waals surface area (Å²) in [6.07, 6.45) is 0. The lowest BCUT2D eigenvalue weighted by Crippen LogP contribution is -2.03. The van der Waals surface area contributed by atoms with Crippen molar-refractivity contribution in [2.24, 2.45) is 0 Å². The molecule has 0 N–H and O–H groups in total. The minimum atomic E-state index is 0.523. The van der Waals surface area contributed by atoms with Crippen LogP contribution in [-0.2, 0) is 0 Å². The van der Waals surface area contributed by atoms with Gasteiger partial charge < -0.3 is 8.83 Å². The molecule has 0 fully saturated rings. The van der Waals surface area contributed by atoms with E-state index in [1.165, 1.54) is 38.1 Å². The number of benzene rings is 8. The van der Waals surface area contributed by atoms with Gasteiger partial charge in [-0.1, -0.05) is 97.1 Å². The van der Waals surface area contributed by atoms with E-state index in [1.54, 1.807) is 0 Å². The molecule has 0 bridgehead atoms. The molecule has 0 saturated carbocycles. The molecule has 13 rings (SSSR count). The standard InChI is InChI=1S/C46H23N3O2/c1-2-8-26-21-29(16-15-24(26)7-1)43-45(47-44-32-22-27-9-3-4-10-28(27)23-37(32)51-46(44)48-43)49-33-18-17-25-11-5-12-30-31-13-6-14-35-39(31)42-36(50-35)20-19-34(49)41(42)40(33)38(25)30/h1-23H. The molecule has 0 aliphatic heterocycles. The Morgan fingerprint density at radius 2 is 1.10 bits per heavy atom. The van der Waals surface area contributed by atoms with Crippen molar-refractivity contribution in [2.75, 3.05) is 0 Å². The molecule has 5 nitrogen and oxygen atoms in total. The zero-order valence-corrected chi connectivity index (χ0v) is 26.9. The average molecular weight is 650 g/mol. The predicted molar refractivity (Wildman–Crippen MR) is 208 cm³/mol. The predicted octanol–water partition coefficient (Wildman–Crippen LogP) is 12.5. The minimum Gasteiger partial charge on any atom is -0.456 e. The summed E-state index contributed by atoms with van der Waals surface area (Å²) >= 11 is 0. The van der Waals surface area contributed by atoms with Crippen LogP contribution in [0.25, 0.3) is 126 Å². The van der Waals surface area contributed by atoms with Gasteiger partial charge in [0, 0.05) is 32.5 Å². The number of fused-ring (bicyclic) bond motifs is 6. The summed E-state index contributed by atoms with van der Waals surface area (Å²) in [5, 5.41) is 12.7. The smallest absolute Gasteiger partial charge is 0.247 e. The second-order valence-electron chi connectivity index (χ2n) is 13.7. The van der Waals surface area contributed by atoms with Crippen molar-refractivity contribution in [3.05, 3.63) is 140 Å². The van der Waals surface area contributed by atoms with E-state index in [9.17, 15) is 0 Å². The first-order chi connectivity index (χ1) is 25.3. The zero-order chi connectivity index (χ0) is 32.9. The van der Waals surface area contributed by atoms with Gasteiger partial charge in [0.25, 0.3) is 0 Å². The Bertz CT molecular complexity index is 3550. The van der Waals surface area contributed by atoms with E-state index in [0.29, 0.717) is 5.71 Å². The number of hydrogen-bond donors (Lipinski definition) is 0. The number of aromatic nitrogens is 3. The van der Waals surface area contributed by atoms with E-state index < -0.39 is 0 Å². The molecule has 0 spiro atoms. The molecule has 0 atom stereocenters. The van der Waals surface area contributed by atoms with Crippen molar-refractivity contribution in [3.63, 3.8) is 0 Å². The second-order valence-corrected chi connectivity index (χ2v) is 13.7. The van der Waals surface area contributed by atoms with Crippen LogP contribution in [0.4, 0.5) is 0 Å². The third-order valence-electron chi connectivity index (χ3n) is 11.1. The summed E-state index contributed by atoms with van der Waals surface area (Å²) in [5.74, 6) is 0.762. The normalized spacial score (nSPS) is 12.7. The zero-order valence-electron chi connectivity index (χ0n) is 26.9. The Hall–Kier alpha value is -6.98. The van der Waals surface area contributed by atoms with E-state index in [2.05, 4.69) is 144 Å². The molecule has 4 aromatic heterocycles. The van der Waals surface area contributed by atoms with Gasteiger partial charge in [0.2, 0.25) is 5.71 Å². The van der Waals surface area contributed by atoms with Gasteiger partial charge in [0.1, 0.15) is 28.0 Å². The Balaban J connectivity index is 1.25. The fourth-order valence-corrected chi connectivity index (χ4v) is 8.89. The van der Waals surface area contributed by atoms with Crippen LogP contribution in [0.5, 0.6) is 0 Å². The van der Waals surface area contributed by atoms with Gasteiger partial charge in [-0.25, -0.2) is 9.97 Å². The maximum atomic E-state index is 6.55. The molecule has 0 unspecified atom stereocenters. The lowest BCUT2D eigenvalue weighted by Gasteiger charge is -2.14. The molecular formula is C46H23N3O2. The van der Waals surface area contributed by atoms with E-state index in [0.717, 1.165) is 82.7 Å². The molecule has 0 amide bonds. The molecule has 51 heavy (non-hydrogen) atoms. The summed E-state index contributed by atoms with van der Waals surface area (Å²) in [6.45, 7) is 0. The number of hydrogen-bond acceptors (Lipinski definition) is 4. The van der Waals surface area contributed by atoms with Crippen LogP contribution in [0.3, 0.4) is 0 Å². The maximum absolute atomic E-state index is 6.55. The molecule has 234 valence electrons. The molecule has 1 aliphatic rings. The van der Waals surface area contributed by atoms with Gasteiger partial charge in [0.15, 0.2) is 5.82 Å². The van der Waals surface area contributed by atoms with Gasteiger partial charge in [-0.2, -0.15) is 0 Å². The van der Waals surface area contributed by atoms with Gasteiger partial charge in [0.05, 0.1) is 11.0 Å². The van der Waals surface area contributed by atoms with Crippen LogP contribution in [0.1, 0.15) is 0 Å². The molecule has 8 aromatic carbocycles. The molecule has 1 aliphatic carbocycles. The molecular weight excluding hydrogens is 627 g/mol. The largest absolute Gasteiger partial charge is 0.456 e. The number of nitrogens with zero attached hydrogens (tertiary/aromatic N) is 3. The van der Waals surface area contributed by atoms with Gasteiger partial charge in [-0.05, 0) is 85.9 Å². The highest BCUT2D eigenvalue weighted by Gasteiger charge is 2.28. The van der Waals surface area contributed by atoms with Crippen LogP contribution >= 0.6 is 0 Å². The van der Waals surface area contributed by atoms with Gasteiger partial charge in [-0.3, -0.25) is 4.57 Å². The quantitative estimate of drug-likeness (QED) is 0.187. The monoisotopic (exact) mass is 649 g/mol. The Labute approximate surface area is 288 Å². The summed E-state index contributed by atoms with van der Waals surface area (Å²) in [6, 6.07) is 49.5. The average Bonchev–Trinajstić information content (AvgIpc) is 3.81. The van der Waals surface area contributed by atoms with Crippen molar-refractivity contribution in [3.8, 4) is 28.2 Å². The van der Waals surface area contributed by atoms with Crippen LogP contribution in [0.2, 0.25) is 0 Å². The highest BCUT2D eigenvalue weighted by Crippen LogP contribution is 2.51. The Morgan fingerprint density at radius 1 is 0.431 bits per heavy atom.